The molecule has 2 amide bonds. The number of amides is 2. The second-order valence-electron chi connectivity index (χ2n) is 5.57. The van der Waals surface area contributed by atoms with Crippen LogP contribution in [0.2, 0.25) is 0 Å². The van der Waals surface area contributed by atoms with E-state index >= 15 is 0 Å². The summed E-state index contributed by atoms with van der Waals surface area (Å²) in [5, 5.41) is 9.54. The second-order valence-corrected chi connectivity index (χ2v) is 5.57. The lowest BCUT2D eigenvalue weighted by Gasteiger charge is -2.13. The number of hydrogen-bond donors (Lipinski definition) is 3. The van der Waals surface area contributed by atoms with Crippen LogP contribution in [0.25, 0.3) is 10.9 Å². The molecule has 1 aliphatic heterocycles. The number of rotatable bonds is 4. The van der Waals surface area contributed by atoms with Gasteiger partial charge in [0.2, 0.25) is 5.91 Å². The third-order valence-electron chi connectivity index (χ3n) is 3.93. The maximum atomic E-state index is 12.3. The predicted molar refractivity (Wildman–Crippen MR) is 89.4 cm³/mol. The topological polar surface area (TPSA) is 83.1 Å². The van der Waals surface area contributed by atoms with Gasteiger partial charge < -0.3 is 16.0 Å². The zero-order valence-corrected chi connectivity index (χ0v) is 13.1. The Hall–Kier alpha value is -2.47. The van der Waals surface area contributed by atoms with Gasteiger partial charge in [0.25, 0.3) is 5.91 Å². The second kappa shape index (κ2) is 6.75. The minimum absolute atomic E-state index is 0.105. The molecule has 120 valence electrons. The Kier molecular flexibility index (Phi) is 4.52. The lowest BCUT2D eigenvalue weighted by Crippen LogP contribution is -2.35. The van der Waals surface area contributed by atoms with Gasteiger partial charge in [-0.1, -0.05) is 18.2 Å². The zero-order valence-electron chi connectivity index (χ0n) is 13.1. The smallest absolute Gasteiger partial charge is 0.252 e. The molecule has 1 atom stereocenters. The Morgan fingerprint density at radius 1 is 1.35 bits per heavy atom. The number of pyridine rings is 1. The molecule has 1 unspecified atom stereocenters. The van der Waals surface area contributed by atoms with Crippen molar-refractivity contribution in [1.82, 2.24) is 15.6 Å². The highest BCUT2D eigenvalue weighted by atomic mass is 16.2. The molecule has 1 aliphatic rings. The summed E-state index contributed by atoms with van der Waals surface area (Å²) < 4.78 is 0. The summed E-state index contributed by atoms with van der Waals surface area (Å²) in [6.45, 7) is 3.27. The van der Waals surface area contributed by atoms with Gasteiger partial charge in [0.05, 0.1) is 17.1 Å². The highest BCUT2D eigenvalue weighted by Gasteiger charge is 2.23. The number of anilines is 1. The molecule has 0 spiro atoms. The van der Waals surface area contributed by atoms with Crippen LogP contribution in [0.5, 0.6) is 0 Å². The molecule has 6 heteroatoms. The number of fused-ring (bicyclic) bond motifs is 1. The number of nitrogens with one attached hydrogen (secondary N) is 3. The lowest BCUT2D eigenvalue weighted by atomic mass is 10.1. The Bertz CT molecular complexity index is 738. The van der Waals surface area contributed by atoms with Crippen molar-refractivity contribution < 1.29 is 9.59 Å². The van der Waals surface area contributed by atoms with Crippen LogP contribution in [0.15, 0.2) is 30.3 Å². The van der Waals surface area contributed by atoms with E-state index in [1.54, 1.807) is 6.07 Å². The molecule has 6 nitrogen and oxygen atoms in total. The maximum Gasteiger partial charge on any atom is 0.252 e. The van der Waals surface area contributed by atoms with Gasteiger partial charge >= 0.3 is 0 Å². The van der Waals surface area contributed by atoms with Gasteiger partial charge in [-0.15, -0.1) is 0 Å². The molecule has 1 fully saturated rings. The van der Waals surface area contributed by atoms with E-state index in [9.17, 15) is 9.59 Å². The quantitative estimate of drug-likeness (QED) is 0.802. The van der Waals surface area contributed by atoms with Crippen molar-refractivity contribution in [2.75, 3.05) is 18.4 Å². The van der Waals surface area contributed by atoms with E-state index in [0.717, 1.165) is 24.8 Å². The first-order valence-corrected chi connectivity index (χ1v) is 7.91. The van der Waals surface area contributed by atoms with Crippen LogP contribution in [0.3, 0.4) is 0 Å². The number of benzene rings is 1. The molecule has 1 aromatic carbocycles. The third-order valence-corrected chi connectivity index (χ3v) is 3.93. The van der Waals surface area contributed by atoms with Crippen molar-refractivity contribution in [3.8, 4) is 0 Å². The molecule has 0 bridgehead atoms. The average molecular weight is 312 g/mol. The van der Waals surface area contributed by atoms with E-state index in [-0.39, 0.29) is 17.9 Å². The van der Waals surface area contributed by atoms with Crippen LogP contribution in [0.1, 0.15) is 30.1 Å². The molecule has 0 aliphatic carbocycles. The number of carbonyl (C=O) groups is 2. The highest BCUT2D eigenvalue weighted by molar-refractivity contribution is 6.07. The SMILES string of the molecule is CCNC(=O)c1cc(NC(=O)C2CCCN2)nc2ccccc12. The van der Waals surface area contributed by atoms with Crippen LogP contribution in [-0.4, -0.2) is 35.9 Å². The summed E-state index contributed by atoms with van der Waals surface area (Å²) >= 11 is 0. The first-order valence-electron chi connectivity index (χ1n) is 7.91. The zero-order chi connectivity index (χ0) is 16.2. The third kappa shape index (κ3) is 3.32. The molecule has 0 radical (unpaired) electrons. The number of aromatic nitrogens is 1. The summed E-state index contributed by atoms with van der Waals surface area (Å²) in [6, 6.07) is 8.88. The van der Waals surface area contributed by atoms with Crippen LogP contribution in [0, 0.1) is 0 Å². The first kappa shape index (κ1) is 15.4. The number of hydrogen-bond acceptors (Lipinski definition) is 4. The van der Waals surface area contributed by atoms with Crippen molar-refractivity contribution in [3.05, 3.63) is 35.9 Å². The molecular formula is C17H20N4O2. The van der Waals surface area contributed by atoms with Crippen LogP contribution >= 0.6 is 0 Å². The van der Waals surface area contributed by atoms with Gasteiger partial charge in [-0.3, -0.25) is 9.59 Å². The molecule has 3 rings (SSSR count). The van der Waals surface area contributed by atoms with E-state index in [1.165, 1.54) is 0 Å². The van der Waals surface area contributed by atoms with E-state index in [0.29, 0.717) is 23.4 Å². The van der Waals surface area contributed by atoms with Crippen LogP contribution in [0.4, 0.5) is 5.82 Å². The van der Waals surface area contributed by atoms with Crippen molar-refractivity contribution in [1.29, 1.82) is 0 Å². The molecule has 0 saturated carbocycles. The highest BCUT2D eigenvalue weighted by Crippen LogP contribution is 2.21. The molecule has 2 heterocycles. The predicted octanol–water partition coefficient (Wildman–Crippen LogP) is 1.67. The van der Waals surface area contributed by atoms with Gasteiger partial charge in [0.1, 0.15) is 5.82 Å². The number of para-hydroxylation sites is 1. The fourth-order valence-corrected chi connectivity index (χ4v) is 2.80. The standard InChI is InChI=1S/C17H20N4O2/c1-2-18-16(22)12-10-15(20-13-7-4-3-6-11(12)13)21-17(23)14-8-5-9-19-14/h3-4,6-7,10,14,19H,2,5,8-9H2,1H3,(H,18,22)(H,20,21,23). The number of nitrogens with zero attached hydrogens (tertiary/aromatic N) is 1. The summed E-state index contributed by atoms with van der Waals surface area (Å²) in [5.41, 5.74) is 1.21. The molecule has 2 aromatic rings. The van der Waals surface area contributed by atoms with Crippen molar-refractivity contribution in [3.63, 3.8) is 0 Å². The average Bonchev–Trinajstić information content (AvgIpc) is 3.09. The van der Waals surface area contributed by atoms with Gasteiger partial charge in [0, 0.05) is 11.9 Å². The largest absolute Gasteiger partial charge is 0.352 e. The summed E-state index contributed by atoms with van der Waals surface area (Å²) in [6.07, 6.45) is 1.82. The minimum Gasteiger partial charge on any atom is -0.352 e. The van der Waals surface area contributed by atoms with E-state index in [2.05, 4.69) is 20.9 Å². The van der Waals surface area contributed by atoms with E-state index in [4.69, 9.17) is 0 Å². The summed E-state index contributed by atoms with van der Waals surface area (Å²) in [5.74, 6) is 0.136. The van der Waals surface area contributed by atoms with Crippen molar-refractivity contribution in [2.45, 2.75) is 25.8 Å². The Morgan fingerprint density at radius 2 is 2.17 bits per heavy atom. The van der Waals surface area contributed by atoms with Gasteiger partial charge in [-0.25, -0.2) is 4.98 Å². The van der Waals surface area contributed by atoms with E-state index < -0.39 is 0 Å². The van der Waals surface area contributed by atoms with Crippen LogP contribution in [-0.2, 0) is 4.79 Å². The normalized spacial score (nSPS) is 17.2. The summed E-state index contributed by atoms with van der Waals surface area (Å²) in [4.78, 5) is 29.0. The first-order chi connectivity index (χ1) is 11.2. The molecule has 1 saturated heterocycles. The molecule has 3 N–H and O–H groups in total. The van der Waals surface area contributed by atoms with Gasteiger partial charge in [-0.2, -0.15) is 0 Å². The molecule has 1 aromatic heterocycles. The lowest BCUT2D eigenvalue weighted by molar-refractivity contribution is -0.117. The monoisotopic (exact) mass is 312 g/mol. The Morgan fingerprint density at radius 3 is 2.91 bits per heavy atom. The van der Waals surface area contributed by atoms with Crippen LogP contribution < -0.4 is 16.0 Å². The van der Waals surface area contributed by atoms with Gasteiger partial charge in [0.15, 0.2) is 0 Å². The minimum atomic E-state index is -0.184. The van der Waals surface area contributed by atoms with Crippen molar-refractivity contribution in [2.24, 2.45) is 0 Å². The fraction of sp³-hybridized carbons (Fsp3) is 0.353. The Balaban J connectivity index is 1.94. The summed E-state index contributed by atoms with van der Waals surface area (Å²) in [7, 11) is 0. The fourth-order valence-electron chi connectivity index (χ4n) is 2.80. The molecule has 23 heavy (non-hydrogen) atoms. The Labute approximate surface area is 134 Å². The van der Waals surface area contributed by atoms with Crippen molar-refractivity contribution >= 4 is 28.5 Å². The number of carbonyl (C=O) groups excluding carboxylic acids is 2. The maximum absolute atomic E-state index is 12.3. The van der Waals surface area contributed by atoms with E-state index in [1.807, 2.05) is 31.2 Å². The molecular weight excluding hydrogens is 292 g/mol. The van der Waals surface area contributed by atoms with Gasteiger partial charge in [-0.05, 0) is 38.4 Å².